The highest BCUT2D eigenvalue weighted by atomic mass is 32.2. The van der Waals surface area contributed by atoms with E-state index in [1.54, 1.807) is 0 Å². The largest absolute Gasteiger partial charge is 0.378 e. The number of thioether (sulfide) groups is 1. The number of nitrogens with zero attached hydrogens (tertiary/aromatic N) is 4. The normalized spacial score (nSPS) is 19.5. The van der Waals surface area contributed by atoms with Gasteiger partial charge in [0.1, 0.15) is 5.82 Å². The Morgan fingerprint density at radius 3 is 2.66 bits per heavy atom. The molecule has 0 aromatic carbocycles. The summed E-state index contributed by atoms with van der Waals surface area (Å²) in [6.07, 6.45) is 5.13. The zero-order valence-electron chi connectivity index (χ0n) is 16.2. The fraction of sp³-hybridized carbons (Fsp3) is 0.600. The molecule has 3 heterocycles. The van der Waals surface area contributed by atoms with Crippen LogP contribution in [0.1, 0.15) is 58.0 Å². The lowest BCUT2D eigenvalue weighted by Crippen LogP contribution is -2.41. The molecule has 2 aromatic rings. The summed E-state index contributed by atoms with van der Waals surface area (Å²) in [7, 11) is 0. The first kappa shape index (κ1) is 19.3. The Hall–Kier alpha value is -1.71. The van der Waals surface area contributed by atoms with E-state index in [2.05, 4.69) is 14.8 Å². The summed E-state index contributed by atoms with van der Waals surface area (Å²) in [6, 6.07) is 4.27. The van der Waals surface area contributed by atoms with Gasteiger partial charge in [0.15, 0.2) is 10.9 Å². The summed E-state index contributed by atoms with van der Waals surface area (Å²) in [5.74, 6) is 2.23. The maximum atomic E-state index is 12.7. The summed E-state index contributed by atoms with van der Waals surface area (Å²) >= 11 is 2.91. The van der Waals surface area contributed by atoms with E-state index < -0.39 is 0 Å². The van der Waals surface area contributed by atoms with Gasteiger partial charge in [0.05, 0.1) is 30.3 Å². The summed E-state index contributed by atoms with van der Waals surface area (Å²) in [5, 5.41) is 9.65. The second-order valence-corrected chi connectivity index (χ2v) is 9.97. The number of Topliss-reactive ketones (excluding diaryl/α,β-unsaturated/α-hetero) is 1. The van der Waals surface area contributed by atoms with E-state index in [9.17, 15) is 9.59 Å². The van der Waals surface area contributed by atoms with E-state index in [-0.39, 0.29) is 11.7 Å². The molecule has 0 atom stereocenters. The molecular formula is C20H24N4O3S2. The first-order valence-corrected chi connectivity index (χ1v) is 12.0. The first-order chi connectivity index (χ1) is 14.2. The van der Waals surface area contributed by atoms with Gasteiger partial charge in [0, 0.05) is 29.9 Å². The van der Waals surface area contributed by atoms with Crippen LogP contribution in [0.3, 0.4) is 0 Å². The SMILES string of the molecule is O=C(CSc1nnc(C2CC2)n1C1CC1)c1ccc(CC(=O)N2CCOCC2)s1. The van der Waals surface area contributed by atoms with Crippen LogP contribution in [0, 0.1) is 0 Å². The second-order valence-electron chi connectivity index (χ2n) is 7.86. The fourth-order valence-electron chi connectivity index (χ4n) is 3.58. The Kier molecular flexibility index (Phi) is 5.45. The van der Waals surface area contributed by atoms with Crippen molar-refractivity contribution in [3.8, 4) is 0 Å². The minimum absolute atomic E-state index is 0.0865. The third kappa shape index (κ3) is 4.41. The molecule has 3 fully saturated rings. The van der Waals surface area contributed by atoms with E-state index in [0.717, 1.165) is 15.9 Å². The number of carbonyl (C=O) groups is 2. The average molecular weight is 433 g/mol. The van der Waals surface area contributed by atoms with Crippen LogP contribution in [0.25, 0.3) is 0 Å². The van der Waals surface area contributed by atoms with Crippen molar-refractivity contribution in [1.82, 2.24) is 19.7 Å². The molecule has 1 aliphatic heterocycles. The van der Waals surface area contributed by atoms with Gasteiger partial charge in [-0.3, -0.25) is 9.59 Å². The molecule has 7 nitrogen and oxygen atoms in total. The number of ether oxygens (including phenoxy) is 1. The number of rotatable bonds is 8. The second kappa shape index (κ2) is 8.20. The third-order valence-electron chi connectivity index (χ3n) is 5.50. The molecule has 0 unspecified atom stereocenters. The number of morpholine rings is 1. The molecule has 9 heteroatoms. The molecule has 154 valence electrons. The van der Waals surface area contributed by atoms with Crippen LogP contribution in [0.4, 0.5) is 0 Å². The van der Waals surface area contributed by atoms with Crippen molar-refractivity contribution < 1.29 is 14.3 Å². The van der Waals surface area contributed by atoms with Gasteiger partial charge < -0.3 is 14.2 Å². The Morgan fingerprint density at radius 2 is 1.93 bits per heavy atom. The lowest BCUT2D eigenvalue weighted by molar-refractivity contribution is -0.134. The van der Waals surface area contributed by atoms with Gasteiger partial charge in [-0.1, -0.05) is 11.8 Å². The lowest BCUT2D eigenvalue weighted by Gasteiger charge is -2.26. The Labute approximate surface area is 177 Å². The molecule has 1 amide bonds. The van der Waals surface area contributed by atoms with Gasteiger partial charge in [0.2, 0.25) is 5.91 Å². The number of amides is 1. The Balaban J connectivity index is 1.18. The van der Waals surface area contributed by atoms with Crippen molar-refractivity contribution in [2.45, 2.75) is 49.2 Å². The standard InChI is InChI=1S/C20H24N4O3S2/c25-16(12-28-20-22-21-19(13-1-2-13)24(20)14-3-4-14)17-6-5-15(29-17)11-18(26)23-7-9-27-10-8-23/h5-6,13-14H,1-4,7-12H2. The Morgan fingerprint density at radius 1 is 1.14 bits per heavy atom. The fourth-order valence-corrected chi connectivity index (χ4v) is 5.50. The van der Waals surface area contributed by atoms with Crippen LogP contribution >= 0.6 is 23.1 Å². The van der Waals surface area contributed by atoms with Crippen molar-refractivity contribution in [3.63, 3.8) is 0 Å². The van der Waals surface area contributed by atoms with Crippen molar-refractivity contribution in [2.75, 3.05) is 32.1 Å². The molecule has 29 heavy (non-hydrogen) atoms. The van der Waals surface area contributed by atoms with E-state index in [1.807, 2.05) is 17.0 Å². The number of hydrogen-bond donors (Lipinski definition) is 0. The number of thiophene rings is 1. The van der Waals surface area contributed by atoms with Crippen LogP contribution in [-0.2, 0) is 16.0 Å². The van der Waals surface area contributed by atoms with Crippen LogP contribution in [-0.4, -0.2) is 63.4 Å². The monoisotopic (exact) mass is 432 g/mol. The van der Waals surface area contributed by atoms with Crippen LogP contribution in [0.5, 0.6) is 0 Å². The first-order valence-electron chi connectivity index (χ1n) is 10.2. The van der Waals surface area contributed by atoms with Gasteiger partial charge in [-0.2, -0.15) is 0 Å². The Bertz CT molecular complexity index is 911. The molecule has 0 N–H and O–H groups in total. The number of aromatic nitrogens is 3. The zero-order valence-corrected chi connectivity index (χ0v) is 17.8. The predicted octanol–water partition coefficient (Wildman–Crippen LogP) is 2.93. The predicted molar refractivity (Wildman–Crippen MR) is 111 cm³/mol. The molecule has 2 aromatic heterocycles. The maximum absolute atomic E-state index is 12.7. The van der Waals surface area contributed by atoms with E-state index in [4.69, 9.17) is 4.74 Å². The highest BCUT2D eigenvalue weighted by Crippen LogP contribution is 2.46. The van der Waals surface area contributed by atoms with Crippen LogP contribution < -0.4 is 0 Å². The highest BCUT2D eigenvalue weighted by molar-refractivity contribution is 7.99. The zero-order chi connectivity index (χ0) is 19.8. The highest BCUT2D eigenvalue weighted by Gasteiger charge is 2.36. The van der Waals surface area contributed by atoms with Gasteiger partial charge in [-0.15, -0.1) is 21.5 Å². The van der Waals surface area contributed by atoms with Gasteiger partial charge >= 0.3 is 0 Å². The third-order valence-corrected chi connectivity index (χ3v) is 7.57. The lowest BCUT2D eigenvalue weighted by atomic mass is 10.3. The molecular weight excluding hydrogens is 408 g/mol. The molecule has 5 rings (SSSR count). The quantitative estimate of drug-likeness (QED) is 0.472. The van der Waals surface area contributed by atoms with Crippen LogP contribution in [0.15, 0.2) is 17.3 Å². The molecule has 0 spiro atoms. The van der Waals surface area contributed by atoms with E-state index >= 15 is 0 Å². The molecule has 0 radical (unpaired) electrons. The summed E-state index contributed by atoms with van der Waals surface area (Å²) < 4.78 is 7.57. The molecule has 3 aliphatic rings. The molecule has 1 saturated heterocycles. The molecule has 2 saturated carbocycles. The summed E-state index contributed by atoms with van der Waals surface area (Å²) in [4.78, 5) is 28.6. The molecule has 2 aliphatic carbocycles. The summed E-state index contributed by atoms with van der Waals surface area (Å²) in [6.45, 7) is 2.50. The minimum Gasteiger partial charge on any atom is -0.378 e. The van der Waals surface area contributed by atoms with E-state index in [0.29, 0.717) is 55.3 Å². The van der Waals surface area contributed by atoms with Crippen molar-refractivity contribution in [3.05, 3.63) is 27.7 Å². The number of hydrogen-bond acceptors (Lipinski definition) is 7. The van der Waals surface area contributed by atoms with Gasteiger partial charge in [-0.25, -0.2) is 0 Å². The van der Waals surface area contributed by atoms with Crippen molar-refractivity contribution in [1.29, 1.82) is 0 Å². The van der Waals surface area contributed by atoms with Crippen molar-refractivity contribution >= 4 is 34.8 Å². The topological polar surface area (TPSA) is 77.3 Å². The van der Waals surface area contributed by atoms with Gasteiger partial charge in [-0.05, 0) is 37.8 Å². The van der Waals surface area contributed by atoms with Gasteiger partial charge in [0.25, 0.3) is 0 Å². The maximum Gasteiger partial charge on any atom is 0.227 e. The van der Waals surface area contributed by atoms with E-state index in [1.165, 1.54) is 48.8 Å². The average Bonchev–Trinajstić information content (AvgIpc) is 3.68. The van der Waals surface area contributed by atoms with Crippen molar-refractivity contribution in [2.24, 2.45) is 0 Å². The smallest absolute Gasteiger partial charge is 0.227 e. The molecule has 0 bridgehead atoms. The van der Waals surface area contributed by atoms with Crippen LogP contribution in [0.2, 0.25) is 0 Å². The summed E-state index contributed by atoms with van der Waals surface area (Å²) in [5.41, 5.74) is 0. The number of ketones is 1. The minimum atomic E-state index is 0.0865. The number of carbonyl (C=O) groups excluding carboxylic acids is 2.